The number of nitrogens with two attached hydrogens (primary N) is 1. The van der Waals surface area contributed by atoms with Crippen molar-refractivity contribution < 1.29 is 4.79 Å². The third-order valence-corrected chi connectivity index (χ3v) is 3.40. The number of rotatable bonds is 10. The second kappa shape index (κ2) is 9.37. The van der Waals surface area contributed by atoms with E-state index in [4.69, 9.17) is 5.73 Å². The summed E-state index contributed by atoms with van der Waals surface area (Å²) in [5.41, 5.74) is 6.02. The van der Waals surface area contributed by atoms with Crippen LogP contribution >= 0.6 is 0 Å². The highest BCUT2D eigenvalue weighted by Gasteiger charge is 2.20. The average Bonchev–Trinajstić information content (AvgIpc) is 2.33. The molecule has 0 unspecified atom stereocenters. The zero-order chi connectivity index (χ0) is 14.0. The van der Waals surface area contributed by atoms with E-state index < -0.39 is 0 Å². The van der Waals surface area contributed by atoms with Gasteiger partial charge < -0.3 is 11.1 Å². The van der Waals surface area contributed by atoms with E-state index in [1.165, 1.54) is 19.3 Å². The Morgan fingerprint density at radius 2 is 1.78 bits per heavy atom. The molecule has 0 aromatic rings. The Morgan fingerprint density at radius 3 is 2.33 bits per heavy atom. The Morgan fingerprint density at radius 1 is 1.17 bits per heavy atom. The Kier molecular flexibility index (Phi) is 9.08. The van der Waals surface area contributed by atoms with Crippen LogP contribution in [0.5, 0.6) is 0 Å². The molecule has 108 valence electrons. The number of hydrogen-bond acceptors (Lipinski definition) is 2. The first kappa shape index (κ1) is 17.4. The van der Waals surface area contributed by atoms with Crippen LogP contribution in [0.15, 0.2) is 0 Å². The van der Waals surface area contributed by atoms with Gasteiger partial charge >= 0.3 is 0 Å². The van der Waals surface area contributed by atoms with Crippen molar-refractivity contribution in [3.8, 4) is 0 Å². The zero-order valence-electron chi connectivity index (χ0n) is 12.7. The minimum Gasteiger partial charge on any atom is -0.354 e. The minimum absolute atomic E-state index is 0.00650. The molecule has 0 aliphatic carbocycles. The van der Waals surface area contributed by atoms with E-state index in [2.05, 4.69) is 33.0 Å². The van der Waals surface area contributed by atoms with E-state index in [1.807, 2.05) is 0 Å². The molecule has 0 saturated heterocycles. The Labute approximate surface area is 113 Å². The van der Waals surface area contributed by atoms with Crippen LogP contribution in [0.1, 0.15) is 72.6 Å². The summed E-state index contributed by atoms with van der Waals surface area (Å²) in [4.78, 5) is 11.8. The number of hydrogen-bond donors (Lipinski definition) is 2. The first-order valence-corrected chi connectivity index (χ1v) is 7.46. The number of carbonyl (C=O) groups excluding carboxylic acids is 1. The van der Waals surface area contributed by atoms with E-state index in [0.717, 1.165) is 32.2 Å². The van der Waals surface area contributed by atoms with Gasteiger partial charge in [0.05, 0.1) is 6.04 Å². The van der Waals surface area contributed by atoms with Crippen molar-refractivity contribution in [2.24, 2.45) is 11.1 Å². The number of carbonyl (C=O) groups is 1. The average molecular weight is 256 g/mol. The third-order valence-electron chi connectivity index (χ3n) is 3.40. The van der Waals surface area contributed by atoms with E-state index in [1.54, 1.807) is 0 Å². The summed E-state index contributed by atoms with van der Waals surface area (Å²) in [6.07, 6.45) is 7.81. The maximum Gasteiger partial charge on any atom is 0.236 e. The summed E-state index contributed by atoms with van der Waals surface area (Å²) in [7, 11) is 0. The normalized spacial score (nSPS) is 13.4. The van der Waals surface area contributed by atoms with Crippen LogP contribution < -0.4 is 11.1 Å². The van der Waals surface area contributed by atoms with Crippen LogP contribution in [0, 0.1) is 5.41 Å². The van der Waals surface area contributed by atoms with Crippen LogP contribution in [-0.4, -0.2) is 18.5 Å². The minimum atomic E-state index is -0.337. The van der Waals surface area contributed by atoms with Gasteiger partial charge in [-0.15, -0.1) is 0 Å². The molecular formula is C15H32N2O. The maximum absolute atomic E-state index is 11.8. The molecule has 0 aliphatic rings. The van der Waals surface area contributed by atoms with Gasteiger partial charge in [0, 0.05) is 6.54 Å². The van der Waals surface area contributed by atoms with E-state index in [9.17, 15) is 4.79 Å². The molecule has 1 amide bonds. The molecule has 1 atom stereocenters. The van der Waals surface area contributed by atoms with Crippen molar-refractivity contribution in [1.82, 2.24) is 5.32 Å². The first-order chi connectivity index (χ1) is 8.43. The van der Waals surface area contributed by atoms with Gasteiger partial charge in [0.15, 0.2) is 0 Å². The lowest BCUT2D eigenvalue weighted by molar-refractivity contribution is -0.123. The van der Waals surface area contributed by atoms with Gasteiger partial charge in [-0.25, -0.2) is 0 Å². The smallest absolute Gasteiger partial charge is 0.236 e. The zero-order valence-corrected chi connectivity index (χ0v) is 12.7. The third kappa shape index (κ3) is 8.51. The largest absolute Gasteiger partial charge is 0.354 e. The molecule has 0 saturated carbocycles. The molecule has 0 bridgehead atoms. The van der Waals surface area contributed by atoms with Crippen molar-refractivity contribution in [3.63, 3.8) is 0 Å². The van der Waals surface area contributed by atoms with Crippen LogP contribution in [0.4, 0.5) is 0 Å². The molecular weight excluding hydrogens is 224 g/mol. The second-order valence-corrected chi connectivity index (χ2v) is 6.09. The molecule has 3 nitrogen and oxygen atoms in total. The van der Waals surface area contributed by atoms with Crippen LogP contribution in [0.25, 0.3) is 0 Å². The van der Waals surface area contributed by atoms with Crippen LogP contribution in [0.3, 0.4) is 0 Å². The summed E-state index contributed by atoms with van der Waals surface area (Å²) in [6.45, 7) is 9.47. The Balaban J connectivity index is 3.87. The lowest BCUT2D eigenvalue weighted by Gasteiger charge is -2.25. The number of amides is 1. The standard InChI is InChI=1S/C15H32N2O/c1-5-7-9-11-15(3,4)12-17-14(18)13(16)10-8-6-2/h13H,5-12,16H2,1-4H3,(H,17,18)/t13-/m0/s1. The van der Waals surface area contributed by atoms with Crippen molar-refractivity contribution in [2.75, 3.05) is 6.54 Å². The molecule has 0 spiro atoms. The van der Waals surface area contributed by atoms with E-state index >= 15 is 0 Å². The molecule has 3 N–H and O–H groups in total. The first-order valence-electron chi connectivity index (χ1n) is 7.46. The van der Waals surface area contributed by atoms with Gasteiger partial charge in [-0.05, 0) is 18.3 Å². The molecule has 0 fully saturated rings. The lowest BCUT2D eigenvalue weighted by atomic mass is 9.87. The van der Waals surface area contributed by atoms with Crippen molar-refractivity contribution in [3.05, 3.63) is 0 Å². The summed E-state index contributed by atoms with van der Waals surface area (Å²) in [5.74, 6) is 0.00650. The van der Waals surface area contributed by atoms with Gasteiger partial charge in [-0.1, -0.05) is 59.8 Å². The van der Waals surface area contributed by atoms with Crippen LogP contribution in [-0.2, 0) is 4.79 Å². The predicted octanol–water partition coefficient (Wildman–Crippen LogP) is 3.23. The molecule has 3 heteroatoms. The summed E-state index contributed by atoms with van der Waals surface area (Å²) >= 11 is 0. The molecule has 18 heavy (non-hydrogen) atoms. The molecule has 0 rings (SSSR count). The van der Waals surface area contributed by atoms with Gasteiger partial charge in [0.2, 0.25) is 5.91 Å². The Bertz CT molecular complexity index is 227. The summed E-state index contributed by atoms with van der Waals surface area (Å²) < 4.78 is 0. The van der Waals surface area contributed by atoms with Crippen molar-refractivity contribution in [2.45, 2.75) is 78.7 Å². The Hall–Kier alpha value is -0.570. The highest BCUT2D eigenvalue weighted by atomic mass is 16.2. The number of nitrogens with one attached hydrogen (secondary N) is 1. The van der Waals surface area contributed by atoms with Gasteiger partial charge in [0.1, 0.15) is 0 Å². The molecule has 0 aromatic carbocycles. The SMILES string of the molecule is CCCCCC(C)(C)CNC(=O)[C@@H](N)CCCC. The van der Waals surface area contributed by atoms with E-state index in [-0.39, 0.29) is 17.4 Å². The number of unbranched alkanes of at least 4 members (excludes halogenated alkanes) is 3. The monoisotopic (exact) mass is 256 g/mol. The van der Waals surface area contributed by atoms with Gasteiger partial charge in [-0.3, -0.25) is 4.79 Å². The fourth-order valence-corrected chi connectivity index (χ4v) is 1.95. The summed E-state index contributed by atoms with van der Waals surface area (Å²) in [6, 6.07) is -0.337. The second-order valence-electron chi connectivity index (χ2n) is 6.09. The maximum atomic E-state index is 11.8. The van der Waals surface area contributed by atoms with Crippen molar-refractivity contribution >= 4 is 5.91 Å². The lowest BCUT2D eigenvalue weighted by Crippen LogP contribution is -2.44. The van der Waals surface area contributed by atoms with Gasteiger partial charge in [0.25, 0.3) is 0 Å². The van der Waals surface area contributed by atoms with Gasteiger partial charge in [-0.2, -0.15) is 0 Å². The predicted molar refractivity (Wildman–Crippen MR) is 78.4 cm³/mol. The molecule has 0 aromatic heterocycles. The fourth-order valence-electron chi connectivity index (χ4n) is 1.95. The highest BCUT2D eigenvalue weighted by molar-refractivity contribution is 5.81. The quantitative estimate of drug-likeness (QED) is 0.590. The molecule has 0 radical (unpaired) electrons. The molecule has 0 heterocycles. The fraction of sp³-hybridized carbons (Fsp3) is 0.933. The summed E-state index contributed by atoms with van der Waals surface area (Å²) in [5, 5.41) is 2.99. The van der Waals surface area contributed by atoms with Crippen LogP contribution in [0.2, 0.25) is 0 Å². The van der Waals surface area contributed by atoms with Crippen molar-refractivity contribution in [1.29, 1.82) is 0 Å². The van der Waals surface area contributed by atoms with E-state index in [0.29, 0.717) is 0 Å². The topological polar surface area (TPSA) is 55.1 Å². The molecule has 0 aliphatic heterocycles. The highest BCUT2D eigenvalue weighted by Crippen LogP contribution is 2.22.